The number of anilines is 1. The molecule has 1 aromatic heterocycles. The van der Waals surface area contributed by atoms with Gasteiger partial charge < -0.3 is 15.0 Å². The number of fused-ring (bicyclic) bond motifs is 1. The van der Waals surface area contributed by atoms with Crippen molar-refractivity contribution in [3.63, 3.8) is 0 Å². The molecule has 0 radical (unpaired) electrons. The van der Waals surface area contributed by atoms with Crippen molar-refractivity contribution in [1.82, 2.24) is 9.97 Å². The molecule has 0 bridgehead atoms. The number of nitrogens with one attached hydrogen (secondary N) is 2. The van der Waals surface area contributed by atoms with Gasteiger partial charge in [0.1, 0.15) is 11.6 Å². The molecule has 4 rings (SSSR count). The van der Waals surface area contributed by atoms with E-state index >= 15 is 0 Å². The van der Waals surface area contributed by atoms with Crippen LogP contribution in [0.25, 0.3) is 22.4 Å². The van der Waals surface area contributed by atoms with Gasteiger partial charge in [-0.05, 0) is 79.9 Å². The van der Waals surface area contributed by atoms with Crippen LogP contribution in [0.15, 0.2) is 60.7 Å². The molecule has 0 aliphatic rings. The third kappa shape index (κ3) is 4.29. The number of aromatic amines is 1. The highest BCUT2D eigenvalue weighted by Crippen LogP contribution is 2.23. The smallest absolute Gasteiger partial charge is 0.262 e. The quantitative estimate of drug-likeness (QED) is 0.498. The van der Waals surface area contributed by atoms with Gasteiger partial charge in [-0.3, -0.25) is 4.79 Å². The van der Waals surface area contributed by atoms with Gasteiger partial charge in [0.25, 0.3) is 5.91 Å². The molecule has 0 saturated carbocycles. The van der Waals surface area contributed by atoms with Gasteiger partial charge in [0.15, 0.2) is 6.61 Å². The molecule has 0 aliphatic carbocycles. The van der Waals surface area contributed by atoms with Gasteiger partial charge in [-0.25, -0.2) is 4.98 Å². The molecule has 0 spiro atoms. The number of rotatable bonds is 5. The summed E-state index contributed by atoms with van der Waals surface area (Å²) in [4.78, 5) is 20.2. The van der Waals surface area contributed by atoms with E-state index < -0.39 is 0 Å². The molecule has 0 saturated heterocycles. The van der Waals surface area contributed by atoms with Gasteiger partial charge >= 0.3 is 0 Å². The Balaban J connectivity index is 1.40. The molecule has 5 nitrogen and oxygen atoms in total. The van der Waals surface area contributed by atoms with Crippen molar-refractivity contribution in [1.29, 1.82) is 0 Å². The number of hydrogen-bond donors (Lipinski definition) is 2. The van der Waals surface area contributed by atoms with E-state index in [2.05, 4.69) is 28.3 Å². The van der Waals surface area contributed by atoms with Gasteiger partial charge in [0.2, 0.25) is 0 Å². The molecule has 4 aromatic rings. The maximum Gasteiger partial charge on any atom is 0.262 e. The second kappa shape index (κ2) is 7.80. The molecular formula is C24H23N3O2. The van der Waals surface area contributed by atoms with Crippen molar-refractivity contribution in [2.75, 3.05) is 11.9 Å². The molecule has 0 unspecified atom stereocenters. The van der Waals surface area contributed by atoms with E-state index in [1.165, 1.54) is 5.56 Å². The first-order valence-electron chi connectivity index (χ1n) is 9.55. The Kier molecular flexibility index (Phi) is 5.04. The van der Waals surface area contributed by atoms with Crippen LogP contribution in [0, 0.1) is 20.8 Å². The topological polar surface area (TPSA) is 67.0 Å². The summed E-state index contributed by atoms with van der Waals surface area (Å²) in [6.07, 6.45) is 0. The van der Waals surface area contributed by atoms with Gasteiger partial charge in [-0.15, -0.1) is 0 Å². The number of imidazole rings is 1. The van der Waals surface area contributed by atoms with Crippen LogP contribution < -0.4 is 10.1 Å². The maximum atomic E-state index is 12.2. The fraction of sp³-hybridized carbons (Fsp3) is 0.167. The Morgan fingerprint density at radius 3 is 2.48 bits per heavy atom. The van der Waals surface area contributed by atoms with Gasteiger partial charge in [0.05, 0.1) is 11.0 Å². The van der Waals surface area contributed by atoms with E-state index in [1.54, 1.807) is 0 Å². The summed E-state index contributed by atoms with van der Waals surface area (Å²) in [6, 6.07) is 19.7. The number of nitrogens with zero attached hydrogens (tertiary/aromatic N) is 1. The monoisotopic (exact) mass is 385 g/mol. The minimum Gasteiger partial charge on any atom is -0.483 e. The van der Waals surface area contributed by atoms with Gasteiger partial charge in [0, 0.05) is 11.3 Å². The summed E-state index contributed by atoms with van der Waals surface area (Å²) in [5.74, 6) is 1.34. The number of H-pyrrole nitrogens is 1. The van der Waals surface area contributed by atoms with E-state index in [0.717, 1.165) is 45.0 Å². The molecule has 29 heavy (non-hydrogen) atoms. The fourth-order valence-electron chi connectivity index (χ4n) is 3.17. The van der Waals surface area contributed by atoms with E-state index in [0.29, 0.717) is 0 Å². The summed E-state index contributed by atoms with van der Waals surface area (Å²) in [6.45, 7) is 5.98. The summed E-state index contributed by atoms with van der Waals surface area (Å²) in [5, 5.41) is 2.86. The first-order valence-corrected chi connectivity index (χ1v) is 9.55. The Morgan fingerprint density at radius 1 is 0.966 bits per heavy atom. The third-order valence-electron chi connectivity index (χ3n) is 4.78. The summed E-state index contributed by atoms with van der Waals surface area (Å²) < 4.78 is 5.66. The molecule has 2 N–H and O–H groups in total. The standard InChI is InChI=1S/C24H23N3O2/c1-15-5-11-20-21(12-15)27-24(26-20)18-7-9-19(10-8-18)25-23(28)14-29-22-13-16(2)4-6-17(22)3/h4-13H,14H2,1-3H3,(H,25,28)(H,26,27). The summed E-state index contributed by atoms with van der Waals surface area (Å²) in [7, 11) is 0. The molecular weight excluding hydrogens is 362 g/mol. The number of carbonyl (C=O) groups is 1. The number of benzene rings is 3. The first-order chi connectivity index (χ1) is 14.0. The normalized spacial score (nSPS) is 10.9. The zero-order chi connectivity index (χ0) is 20.4. The predicted octanol–water partition coefficient (Wildman–Crippen LogP) is 5.17. The lowest BCUT2D eigenvalue weighted by Gasteiger charge is -2.10. The number of amides is 1. The summed E-state index contributed by atoms with van der Waals surface area (Å²) in [5.41, 5.74) is 6.93. The molecule has 0 atom stereocenters. The third-order valence-corrected chi connectivity index (χ3v) is 4.78. The van der Waals surface area contributed by atoms with Crippen LogP contribution in [0.3, 0.4) is 0 Å². The molecule has 0 fully saturated rings. The minimum absolute atomic E-state index is 0.0328. The Labute approximate surface area is 169 Å². The second-order valence-electron chi connectivity index (χ2n) is 7.29. The van der Waals surface area contributed by atoms with Crippen LogP contribution in [0.5, 0.6) is 5.75 Å². The molecule has 0 aliphatic heterocycles. The van der Waals surface area contributed by atoms with E-state index in [1.807, 2.05) is 68.4 Å². The number of ether oxygens (including phenoxy) is 1. The molecule has 1 heterocycles. The van der Waals surface area contributed by atoms with Crippen LogP contribution >= 0.6 is 0 Å². The van der Waals surface area contributed by atoms with Crippen LogP contribution in [0.2, 0.25) is 0 Å². The zero-order valence-corrected chi connectivity index (χ0v) is 16.7. The van der Waals surface area contributed by atoms with E-state index in [9.17, 15) is 4.79 Å². The highest BCUT2D eigenvalue weighted by molar-refractivity contribution is 5.92. The lowest BCUT2D eigenvalue weighted by molar-refractivity contribution is -0.118. The van der Waals surface area contributed by atoms with Crippen molar-refractivity contribution < 1.29 is 9.53 Å². The van der Waals surface area contributed by atoms with E-state index in [-0.39, 0.29) is 12.5 Å². The maximum absolute atomic E-state index is 12.2. The van der Waals surface area contributed by atoms with Crippen LogP contribution in [0.1, 0.15) is 16.7 Å². The van der Waals surface area contributed by atoms with Crippen molar-refractivity contribution in [2.45, 2.75) is 20.8 Å². The highest BCUT2D eigenvalue weighted by Gasteiger charge is 2.08. The van der Waals surface area contributed by atoms with E-state index in [4.69, 9.17) is 4.74 Å². The lowest BCUT2D eigenvalue weighted by Crippen LogP contribution is -2.20. The van der Waals surface area contributed by atoms with Crippen LogP contribution in [-0.2, 0) is 4.79 Å². The van der Waals surface area contributed by atoms with Crippen LogP contribution in [0.4, 0.5) is 5.69 Å². The van der Waals surface area contributed by atoms with Crippen molar-refractivity contribution in [3.05, 3.63) is 77.4 Å². The number of aryl methyl sites for hydroxylation is 3. The Hall–Kier alpha value is -3.60. The van der Waals surface area contributed by atoms with Crippen molar-refractivity contribution in [3.8, 4) is 17.1 Å². The highest BCUT2D eigenvalue weighted by atomic mass is 16.5. The number of hydrogen-bond acceptors (Lipinski definition) is 3. The van der Waals surface area contributed by atoms with Gasteiger partial charge in [-0.2, -0.15) is 0 Å². The van der Waals surface area contributed by atoms with Crippen LogP contribution in [-0.4, -0.2) is 22.5 Å². The Morgan fingerprint density at radius 2 is 1.69 bits per heavy atom. The Bertz CT molecular complexity index is 1180. The fourth-order valence-corrected chi connectivity index (χ4v) is 3.17. The number of aromatic nitrogens is 2. The lowest BCUT2D eigenvalue weighted by atomic mass is 10.1. The second-order valence-corrected chi connectivity index (χ2v) is 7.29. The predicted molar refractivity (Wildman–Crippen MR) is 116 cm³/mol. The SMILES string of the molecule is Cc1ccc(C)c(OCC(=O)Nc2ccc(-c3nc4ccc(C)cc4[nH]3)cc2)c1. The zero-order valence-electron chi connectivity index (χ0n) is 16.7. The molecule has 3 aromatic carbocycles. The average Bonchev–Trinajstić information content (AvgIpc) is 3.12. The minimum atomic E-state index is -0.196. The average molecular weight is 385 g/mol. The van der Waals surface area contributed by atoms with Crippen molar-refractivity contribution >= 4 is 22.6 Å². The first kappa shape index (κ1) is 18.7. The van der Waals surface area contributed by atoms with Gasteiger partial charge in [-0.1, -0.05) is 18.2 Å². The summed E-state index contributed by atoms with van der Waals surface area (Å²) >= 11 is 0. The van der Waals surface area contributed by atoms with Crippen molar-refractivity contribution in [2.24, 2.45) is 0 Å². The molecule has 5 heteroatoms. The molecule has 1 amide bonds. The largest absolute Gasteiger partial charge is 0.483 e. The number of carbonyl (C=O) groups excluding carboxylic acids is 1. The molecule has 146 valence electrons.